The summed E-state index contributed by atoms with van der Waals surface area (Å²) in [5, 5.41) is 8.62. The normalized spacial score (nSPS) is 20.5. The van der Waals surface area contributed by atoms with Crippen LogP contribution in [0.25, 0.3) is 0 Å². The van der Waals surface area contributed by atoms with E-state index in [1.807, 2.05) is 48.5 Å². The van der Waals surface area contributed by atoms with Gasteiger partial charge in [0, 0.05) is 17.9 Å². The van der Waals surface area contributed by atoms with E-state index in [0.29, 0.717) is 17.4 Å². The molecule has 0 unspecified atom stereocenters. The maximum absolute atomic E-state index is 12.2. The van der Waals surface area contributed by atoms with Crippen molar-refractivity contribution >= 4 is 35.3 Å². The molecule has 1 saturated heterocycles. The second kappa shape index (κ2) is 7.70. The molecule has 0 bridgehead atoms. The predicted octanol–water partition coefficient (Wildman–Crippen LogP) is 3.74. The Hall–Kier alpha value is -3.39. The number of imide groups is 1. The first kappa shape index (κ1) is 19.6. The molecule has 9 heteroatoms. The van der Waals surface area contributed by atoms with E-state index >= 15 is 0 Å². The Balaban J connectivity index is 1.56. The van der Waals surface area contributed by atoms with Crippen LogP contribution in [0, 0.1) is 0 Å². The van der Waals surface area contributed by atoms with E-state index < -0.39 is 0 Å². The van der Waals surface area contributed by atoms with Crippen molar-refractivity contribution in [2.45, 2.75) is 31.3 Å². The largest absolute Gasteiger partial charge is 0.497 e. The van der Waals surface area contributed by atoms with Crippen LogP contribution in [0.4, 0.5) is 11.9 Å². The topological polar surface area (TPSA) is 89.3 Å². The van der Waals surface area contributed by atoms with Gasteiger partial charge in [0.1, 0.15) is 5.75 Å². The zero-order chi connectivity index (χ0) is 21.5. The van der Waals surface area contributed by atoms with Crippen molar-refractivity contribution in [1.29, 1.82) is 0 Å². The first-order valence-electron chi connectivity index (χ1n) is 10.0. The predicted molar refractivity (Wildman–Crippen MR) is 115 cm³/mol. The Labute approximate surface area is 183 Å². The Bertz CT molecular complexity index is 1130. The molecule has 2 aromatic carbocycles. The minimum absolute atomic E-state index is 0.0427. The van der Waals surface area contributed by atoms with Gasteiger partial charge in [-0.1, -0.05) is 35.9 Å². The van der Waals surface area contributed by atoms with Crippen LogP contribution in [0.3, 0.4) is 0 Å². The number of fused-ring (bicyclic) bond motifs is 1. The van der Waals surface area contributed by atoms with E-state index in [9.17, 15) is 9.59 Å². The summed E-state index contributed by atoms with van der Waals surface area (Å²) < 4.78 is 7.03. The number of hydrogen-bond donors (Lipinski definition) is 1. The summed E-state index contributed by atoms with van der Waals surface area (Å²) in [6.45, 7) is 0. The van der Waals surface area contributed by atoms with Crippen molar-refractivity contribution in [1.82, 2.24) is 14.8 Å². The molecule has 31 heavy (non-hydrogen) atoms. The van der Waals surface area contributed by atoms with Gasteiger partial charge in [0.2, 0.25) is 17.8 Å². The van der Waals surface area contributed by atoms with Gasteiger partial charge in [-0.25, -0.2) is 9.58 Å². The third-order valence-corrected chi connectivity index (χ3v) is 5.95. The molecule has 2 atom stereocenters. The second-order valence-corrected chi connectivity index (χ2v) is 8.01. The van der Waals surface area contributed by atoms with Crippen LogP contribution < -0.4 is 15.0 Å². The third kappa shape index (κ3) is 3.53. The SMILES string of the molecule is COc1ccc([C@@H]2C[C@H](c3ccc(Cl)cc3)Nc3nc(N4C(=O)CCC4=O)nn32)cc1. The van der Waals surface area contributed by atoms with Crippen molar-refractivity contribution in [3.63, 3.8) is 0 Å². The zero-order valence-corrected chi connectivity index (χ0v) is 17.5. The van der Waals surface area contributed by atoms with Gasteiger partial charge in [-0.2, -0.15) is 4.98 Å². The number of anilines is 2. The molecule has 5 rings (SSSR count). The fraction of sp³-hybridized carbons (Fsp3) is 0.273. The number of benzene rings is 2. The molecular weight excluding hydrogens is 418 g/mol. The molecular formula is C22H20ClN5O3. The van der Waals surface area contributed by atoms with Gasteiger partial charge in [0.15, 0.2) is 0 Å². The van der Waals surface area contributed by atoms with E-state index in [4.69, 9.17) is 16.3 Å². The highest BCUT2D eigenvalue weighted by Gasteiger charge is 2.37. The summed E-state index contributed by atoms with van der Waals surface area (Å²) in [5.74, 6) is 0.839. The van der Waals surface area contributed by atoms with Crippen LogP contribution in [0.15, 0.2) is 48.5 Å². The second-order valence-electron chi connectivity index (χ2n) is 7.58. The Kier molecular flexibility index (Phi) is 4.86. The molecule has 1 aromatic heterocycles. The molecule has 158 valence electrons. The van der Waals surface area contributed by atoms with Crippen molar-refractivity contribution < 1.29 is 14.3 Å². The van der Waals surface area contributed by atoms with Gasteiger partial charge >= 0.3 is 0 Å². The number of ether oxygens (including phenoxy) is 1. The average molecular weight is 438 g/mol. The summed E-state index contributed by atoms with van der Waals surface area (Å²) in [6.07, 6.45) is 1.07. The fourth-order valence-electron chi connectivity index (χ4n) is 4.08. The molecule has 8 nitrogen and oxygen atoms in total. The van der Waals surface area contributed by atoms with Crippen LogP contribution in [0.1, 0.15) is 42.5 Å². The van der Waals surface area contributed by atoms with Crippen molar-refractivity contribution in [3.05, 3.63) is 64.7 Å². The van der Waals surface area contributed by atoms with E-state index in [-0.39, 0.29) is 42.7 Å². The number of methoxy groups -OCH3 is 1. The molecule has 0 spiro atoms. The molecule has 0 saturated carbocycles. The molecule has 3 aromatic rings. The lowest BCUT2D eigenvalue weighted by atomic mass is 9.93. The standard InChI is InChI=1S/C22H20ClN5O3/c1-31-16-8-4-14(5-9-16)18-12-17(13-2-6-15(23)7-3-13)24-21-25-22(26-28(18)21)27-19(29)10-11-20(27)30/h2-9,17-18H,10-12H2,1H3,(H,24,25,26)/t17-,18+/m1/s1. The maximum atomic E-state index is 12.2. The van der Waals surface area contributed by atoms with Crippen LogP contribution in [-0.2, 0) is 9.59 Å². The Morgan fingerprint density at radius 3 is 2.29 bits per heavy atom. The highest BCUT2D eigenvalue weighted by Crippen LogP contribution is 2.39. The highest BCUT2D eigenvalue weighted by molar-refractivity contribution is 6.30. The summed E-state index contributed by atoms with van der Waals surface area (Å²) >= 11 is 6.06. The number of aromatic nitrogens is 3. The monoisotopic (exact) mass is 437 g/mol. The van der Waals surface area contributed by atoms with Crippen LogP contribution in [0.2, 0.25) is 5.02 Å². The van der Waals surface area contributed by atoms with Gasteiger partial charge in [0.05, 0.1) is 19.2 Å². The van der Waals surface area contributed by atoms with Crippen LogP contribution in [-0.4, -0.2) is 33.7 Å². The molecule has 1 N–H and O–H groups in total. The Morgan fingerprint density at radius 2 is 1.65 bits per heavy atom. The molecule has 2 amide bonds. The van der Waals surface area contributed by atoms with Gasteiger partial charge in [-0.05, 0) is 41.8 Å². The summed E-state index contributed by atoms with van der Waals surface area (Å²) in [7, 11) is 1.63. The smallest absolute Gasteiger partial charge is 0.260 e. The van der Waals surface area contributed by atoms with Crippen molar-refractivity contribution in [2.24, 2.45) is 0 Å². The van der Waals surface area contributed by atoms with Crippen molar-refractivity contribution in [2.75, 3.05) is 17.3 Å². The number of carbonyl (C=O) groups is 2. The zero-order valence-electron chi connectivity index (χ0n) is 16.8. The maximum Gasteiger partial charge on any atom is 0.260 e. The summed E-state index contributed by atoms with van der Waals surface area (Å²) in [6, 6.07) is 15.3. The number of rotatable bonds is 4. The molecule has 3 heterocycles. The number of hydrogen-bond acceptors (Lipinski definition) is 6. The highest BCUT2D eigenvalue weighted by atomic mass is 35.5. The lowest BCUT2D eigenvalue weighted by Gasteiger charge is -2.31. The Morgan fingerprint density at radius 1 is 1.00 bits per heavy atom. The molecule has 0 radical (unpaired) electrons. The average Bonchev–Trinajstić information content (AvgIpc) is 3.35. The molecule has 1 fully saturated rings. The van der Waals surface area contributed by atoms with Crippen LogP contribution in [0.5, 0.6) is 5.75 Å². The van der Waals surface area contributed by atoms with Gasteiger partial charge in [0.25, 0.3) is 5.95 Å². The van der Waals surface area contributed by atoms with E-state index in [0.717, 1.165) is 21.8 Å². The lowest BCUT2D eigenvalue weighted by Crippen LogP contribution is -2.30. The fourth-order valence-corrected chi connectivity index (χ4v) is 4.20. The first-order chi connectivity index (χ1) is 15.0. The quantitative estimate of drug-likeness (QED) is 0.625. The van der Waals surface area contributed by atoms with E-state index in [1.54, 1.807) is 11.8 Å². The number of halogens is 1. The minimum Gasteiger partial charge on any atom is -0.497 e. The number of nitrogens with zero attached hydrogens (tertiary/aromatic N) is 4. The summed E-state index contributed by atoms with van der Waals surface area (Å²) in [4.78, 5) is 30.0. The van der Waals surface area contributed by atoms with Gasteiger partial charge in [-0.15, -0.1) is 5.10 Å². The van der Waals surface area contributed by atoms with E-state index in [2.05, 4.69) is 15.4 Å². The molecule has 0 aliphatic carbocycles. The van der Waals surface area contributed by atoms with Crippen molar-refractivity contribution in [3.8, 4) is 5.75 Å². The number of amides is 2. The number of nitrogens with one attached hydrogen (secondary N) is 1. The van der Waals surface area contributed by atoms with Gasteiger partial charge < -0.3 is 10.1 Å². The molecule has 2 aliphatic heterocycles. The summed E-state index contributed by atoms with van der Waals surface area (Å²) in [5.41, 5.74) is 2.09. The third-order valence-electron chi connectivity index (χ3n) is 5.70. The first-order valence-corrected chi connectivity index (χ1v) is 10.4. The van der Waals surface area contributed by atoms with Crippen LogP contribution >= 0.6 is 11.6 Å². The minimum atomic E-state index is -0.275. The van der Waals surface area contributed by atoms with Gasteiger partial charge in [-0.3, -0.25) is 9.59 Å². The number of carbonyl (C=O) groups excluding carboxylic acids is 2. The van der Waals surface area contributed by atoms with E-state index in [1.165, 1.54) is 0 Å². The molecule has 2 aliphatic rings. The lowest BCUT2D eigenvalue weighted by molar-refractivity contribution is -0.121.